The van der Waals surface area contributed by atoms with Gasteiger partial charge in [-0.3, -0.25) is 0 Å². The molecule has 0 radical (unpaired) electrons. The van der Waals surface area contributed by atoms with Crippen LogP contribution in [0.15, 0.2) is 0 Å². The van der Waals surface area contributed by atoms with E-state index in [0.717, 1.165) is 17.9 Å². The maximum absolute atomic E-state index is 3.66. The average Bonchev–Trinajstić information content (AvgIpc) is 1.84. The molecule has 2 heterocycles. The summed E-state index contributed by atoms with van der Waals surface area (Å²) in [4.78, 5) is 0. The maximum atomic E-state index is 3.66. The summed E-state index contributed by atoms with van der Waals surface area (Å²) in [6.45, 7) is 8.33. The van der Waals surface area contributed by atoms with Crippen LogP contribution in [0.2, 0.25) is 0 Å². The molecule has 0 aromatic carbocycles. The van der Waals surface area contributed by atoms with Gasteiger partial charge in [0.25, 0.3) is 0 Å². The monoisotopic (exact) mass is 153 g/mol. The Labute approximate surface area is 69.6 Å². The summed E-state index contributed by atoms with van der Waals surface area (Å²) < 4.78 is 0. The van der Waals surface area contributed by atoms with E-state index < -0.39 is 0 Å². The van der Waals surface area contributed by atoms with Gasteiger partial charge in [-0.15, -0.1) is 0 Å². The molecule has 1 N–H and O–H groups in total. The van der Waals surface area contributed by atoms with E-state index in [-0.39, 0.29) is 0 Å². The molecule has 2 saturated heterocycles. The van der Waals surface area contributed by atoms with Crippen molar-refractivity contribution < 1.29 is 0 Å². The van der Waals surface area contributed by atoms with Crippen LogP contribution in [0.4, 0.5) is 0 Å². The highest BCUT2D eigenvalue weighted by atomic mass is 15.0. The van der Waals surface area contributed by atoms with Gasteiger partial charge in [-0.2, -0.15) is 0 Å². The fourth-order valence-electron chi connectivity index (χ4n) is 2.70. The lowest BCUT2D eigenvalue weighted by atomic mass is 9.62. The Morgan fingerprint density at radius 2 is 1.82 bits per heavy atom. The predicted octanol–water partition coefficient (Wildman–Crippen LogP) is 2.03. The van der Waals surface area contributed by atoms with Gasteiger partial charge in [-0.1, -0.05) is 20.8 Å². The van der Waals surface area contributed by atoms with Gasteiger partial charge in [0.05, 0.1) is 0 Å². The van der Waals surface area contributed by atoms with Crippen LogP contribution in [0.1, 0.15) is 33.6 Å². The van der Waals surface area contributed by atoms with Crippen molar-refractivity contribution in [2.75, 3.05) is 6.54 Å². The van der Waals surface area contributed by atoms with Gasteiger partial charge in [0.2, 0.25) is 0 Å². The Balaban J connectivity index is 2.03. The van der Waals surface area contributed by atoms with E-state index in [2.05, 4.69) is 26.1 Å². The van der Waals surface area contributed by atoms with E-state index in [0.29, 0.717) is 5.41 Å². The molecule has 0 amide bonds. The molecule has 1 heteroatoms. The lowest BCUT2D eigenvalue weighted by Crippen LogP contribution is -2.58. The highest BCUT2D eigenvalue weighted by molar-refractivity contribution is 4.99. The third kappa shape index (κ3) is 1.20. The third-order valence-electron chi connectivity index (χ3n) is 3.30. The summed E-state index contributed by atoms with van der Waals surface area (Å²) in [5.41, 5.74) is 0.468. The van der Waals surface area contributed by atoms with Gasteiger partial charge in [0.1, 0.15) is 0 Å². The minimum Gasteiger partial charge on any atom is -0.313 e. The molecule has 3 rings (SSSR count). The molecular formula is C10H19N. The van der Waals surface area contributed by atoms with Crippen molar-refractivity contribution in [2.45, 2.75) is 39.7 Å². The number of rotatable bonds is 0. The van der Waals surface area contributed by atoms with Crippen LogP contribution in [0, 0.1) is 17.3 Å². The van der Waals surface area contributed by atoms with Crippen molar-refractivity contribution in [1.82, 2.24) is 5.32 Å². The molecule has 3 aliphatic rings. The predicted molar refractivity (Wildman–Crippen MR) is 47.5 cm³/mol. The molecule has 11 heavy (non-hydrogen) atoms. The number of piperidine rings is 2. The summed E-state index contributed by atoms with van der Waals surface area (Å²) in [5.74, 6) is 2.02. The van der Waals surface area contributed by atoms with Crippen molar-refractivity contribution in [2.24, 2.45) is 17.3 Å². The number of hydrogen-bond acceptors (Lipinski definition) is 1. The van der Waals surface area contributed by atoms with Gasteiger partial charge >= 0.3 is 0 Å². The topological polar surface area (TPSA) is 12.0 Å². The van der Waals surface area contributed by atoms with Gasteiger partial charge in [-0.05, 0) is 36.6 Å². The Kier molecular flexibility index (Phi) is 1.54. The minimum atomic E-state index is 0.468. The second-order valence-corrected chi connectivity index (χ2v) is 5.35. The SMILES string of the molecule is CC(C)(C)C1NCC2CC1C2. The number of hydrogen-bond donors (Lipinski definition) is 1. The molecule has 1 saturated carbocycles. The summed E-state index contributed by atoms with van der Waals surface area (Å²) in [7, 11) is 0. The fourth-order valence-corrected chi connectivity index (χ4v) is 2.70. The molecule has 64 valence electrons. The van der Waals surface area contributed by atoms with E-state index in [1.54, 1.807) is 0 Å². The zero-order chi connectivity index (χ0) is 8.06. The van der Waals surface area contributed by atoms with E-state index in [4.69, 9.17) is 0 Å². The zero-order valence-corrected chi connectivity index (χ0v) is 7.85. The molecule has 1 unspecified atom stereocenters. The normalized spacial score (nSPS) is 43.4. The average molecular weight is 153 g/mol. The van der Waals surface area contributed by atoms with Crippen LogP contribution in [0.3, 0.4) is 0 Å². The zero-order valence-electron chi connectivity index (χ0n) is 7.85. The molecule has 1 aliphatic carbocycles. The summed E-state index contributed by atoms with van der Waals surface area (Å²) in [6, 6.07) is 0.785. The second-order valence-electron chi connectivity index (χ2n) is 5.35. The van der Waals surface area contributed by atoms with Crippen molar-refractivity contribution in [3.05, 3.63) is 0 Å². The molecular weight excluding hydrogens is 134 g/mol. The standard InChI is InChI=1S/C10H19N/c1-10(2,3)9-8-4-7(5-8)6-11-9/h7-9,11H,4-6H2,1-3H3. The van der Waals surface area contributed by atoms with Crippen LogP contribution in [-0.2, 0) is 0 Å². The fraction of sp³-hybridized carbons (Fsp3) is 1.00. The molecule has 0 aromatic rings. The molecule has 0 aromatic heterocycles. The van der Waals surface area contributed by atoms with Gasteiger partial charge in [0, 0.05) is 6.04 Å². The number of fused-ring (bicyclic) bond motifs is 2. The van der Waals surface area contributed by atoms with E-state index >= 15 is 0 Å². The van der Waals surface area contributed by atoms with E-state index in [1.807, 2.05) is 0 Å². The quantitative estimate of drug-likeness (QED) is 0.561. The van der Waals surface area contributed by atoms with Gasteiger partial charge in [0.15, 0.2) is 0 Å². The van der Waals surface area contributed by atoms with Crippen LogP contribution in [0.25, 0.3) is 0 Å². The Hall–Kier alpha value is -0.0400. The Morgan fingerprint density at radius 3 is 2.09 bits per heavy atom. The maximum Gasteiger partial charge on any atom is 0.0144 e. The molecule has 1 nitrogen and oxygen atoms in total. The smallest absolute Gasteiger partial charge is 0.0144 e. The summed E-state index contributed by atoms with van der Waals surface area (Å²) in [6.07, 6.45) is 2.99. The first-order chi connectivity index (χ1) is 5.07. The van der Waals surface area contributed by atoms with Crippen molar-refractivity contribution in [3.63, 3.8) is 0 Å². The lowest BCUT2D eigenvalue weighted by Gasteiger charge is -2.52. The van der Waals surface area contributed by atoms with Gasteiger partial charge < -0.3 is 5.32 Å². The molecule has 2 bridgehead atoms. The van der Waals surface area contributed by atoms with Crippen molar-refractivity contribution in [1.29, 1.82) is 0 Å². The van der Waals surface area contributed by atoms with Gasteiger partial charge in [-0.25, -0.2) is 0 Å². The highest BCUT2D eigenvalue weighted by Gasteiger charge is 2.44. The molecule has 1 atom stereocenters. The van der Waals surface area contributed by atoms with Crippen molar-refractivity contribution in [3.8, 4) is 0 Å². The van der Waals surface area contributed by atoms with E-state index in [9.17, 15) is 0 Å². The molecule has 3 fully saturated rings. The van der Waals surface area contributed by atoms with Crippen LogP contribution >= 0.6 is 0 Å². The highest BCUT2D eigenvalue weighted by Crippen LogP contribution is 2.44. The molecule has 2 aliphatic heterocycles. The largest absolute Gasteiger partial charge is 0.313 e. The first kappa shape index (κ1) is 7.60. The first-order valence-electron chi connectivity index (χ1n) is 4.81. The third-order valence-corrected chi connectivity index (χ3v) is 3.30. The van der Waals surface area contributed by atoms with E-state index in [1.165, 1.54) is 19.4 Å². The van der Waals surface area contributed by atoms with Crippen LogP contribution in [0.5, 0.6) is 0 Å². The Bertz CT molecular complexity index is 148. The lowest BCUT2D eigenvalue weighted by molar-refractivity contribution is 0.0288. The van der Waals surface area contributed by atoms with Crippen LogP contribution in [-0.4, -0.2) is 12.6 Å². The summed E-state index contributed by atoms with van der Waals surface area (Å²) >= 11 is 0. The first-order valence-corrected chi connectivity index (χ1v) is 4.81. The minimum absolute atomic E-state index is 0.468. The Morgan fingerprint density at radius 1 is 1.18 bits per heavy atom. The van der Waals surface area contributed by atoms with Crippen molar-refractivity contribution >= 4 is 0 Å². The number of nitrogens with one attached hydrogen (secondary N) is 1. The molecule has 0 spiro atoms. The summed E-state index contributed by atoms with van der Waals surface area (Å²) in [5, 5.41) is 3.66. The van der Waals surface area contributed by atoms with Crippen LogP contribution < -0.4 is 5.32 Å². The second kappa shape index (κ2) is 2.22.